The van der Waals surface area contributed by atoms with Crippen molar-refractivity contribution in [2.75, 3.05) is 7.11 Å². The number of nitroso groups, excluding NO2 is 1. The van der Waals surface area contributed by atoms with E-state index in [1.165, 1.54) is 0 Å². The number of halogens is 1. The molecule has 3 atom stereocenters. The number of carbonyl (C=O) groups excluding carboxylic acids is 1. The van der Waals surface area contributed by atoms with Gasteiger partial charge in [-0.2, -0.15) is 0 Å². The zero-order valence-electron chi connectivity index (χ0n) is 14.0. The van der Waals surface area contributed by atoms with Crippen LogP contribution in [-0.2, 0) is 4.79 Å². The van der Waals surface area contributed by atoms with Crippen LogP contribution in [0.1, 0.15) is 25.3 Å². The van der Waals surface area contributed by atoms with Gasteiger partial charge >= 0.3 is 5.91 Å². The Morgan fingerprint density at radius 1 is 1.42 bits per heavy atom. The minimum absolute atomic E-state index is 0.197. The summed E-state index contributed by atoms with van der Waals surface area (Å²) in [6.07, 6.45) is 4.99. The Balaban J connectivity index is 2.31. The number of rotatable bonds is 6. The van der Waals surface area contributed by atoms with E-state index < -0.39 is 5.91 Å². The van der Waals surface area contributed by atoms with Crippen molar-refractivity contribution in [2.24, 2.45) is 17.0 Å². The fraction of sp³-hybridized carbons (Fsp3) is 0.316. The second-order valence-electron chi connectivity index (χ2n) is 5.79. The molecule has 1 saturated carbocycles. The lowest BCUT2D eigenvalue weighted by Crippen LogP contribution is -1.97. The third-order valence-electron chi connectivity index (χ3n) is 4.53. The van der Waals surface area contributed by atoms with E-state index in [1.54, 1.807) is 38.3 Å². The molecule has 0 bridgehead atoms. The number of carbonyl (C=O) groups is 1. The fourth-order valence-corrected chi connectivity index (χ4v) is 3.44. The number of benzene rings is 1. The first-order valence-electron chi connectivity index (χ1n) is 7.69. The van der Waals surface area contributed by atoms with Crippen molar-refractivity contribution >= 4 is 17.5 Å². The molecule has 4 nitrogen and oxygen atoms in total. The molecule has 0 spiro atoms. The van der Waals surface area contributed by atoms with Gasteiger partial charge in [0.15, 0.2) is 0 Å². The van der Waals surface area contributed by atoms with Crippen LogP contribution in [0.25, 0.3) is 0 Å². The molecule has 1 aromatic rings. The maximum absolute atomic E-state index is 11.5. The number of hydrogen-bond donors (Lipinski definition) is 0. The van der Waals surface area contributed by atoms with E-state index in [2.05, 4.69) is 18.7 Å². The van der Waals surface area contributed by atoms with Crippen molar-refractivity contribution in [1.29, 1.82) is 0 Å². The van der Waals surface area contributed by atoms with Crippen molar-refractivity contribution in [3.05, 3.63) is 69.6 Å². The third kappa shape index (κ3) is 3.49. The molecule has 1 aliphatic carbocycles. The van der Waals surface area contributed by atoms with Gasteiger partial charge in [-0.05, 0) is 54.0 Å². The number of hydrogen-bond acceptors (Lipinski definition) is 3. The van der Waals surface area contributed by atoms with Crippen molar-refractivity contribution in [2.45, 2.75) is 19.8 Å². The molecule has 0 aromatic heterocycles. The molecule has 0 heterocycles. The Labute approximate surface area is 146 Å². The SMILES string of the molecule is C=C/C(=C\C(=C/C)C(=O)N=O)C1C(C)C1c1ccc(OC)cc1Cl. The van der Waals surface area contributed by atoms with Gasteiger partial charge in [0.25, 0.3) is 0 Å². The van der Waals surface area contributed by atoms with Gasteiger partial charge < -0.3 is 4.74 Å². The lowest BCUT2D eigenvalue weighted by atomic mass is 10.0. The van der Waals surface area contributed by atoms with Crippen LogP contribution in [0.15, 0.2) is 59.3 Å². The molecule has 0 aliphatic heterocycles. The lowest BCUT2D eigenvalue weighted by molar-refractivity contribution is -0.114. The van der Waals surface area contributed by atoms with Crippen molar-refractivity contribution in [3.63, 3.8) is 0 Å². The molecule has 1 amide bonds. The first kappa shape index (κ1) is 18.1. The van der Waals surface area contributed by atoms with Gasteiger partial charge in [0.05, 0.1) is 7.11 Å². The highest BCUT2D eigenvalue weighted by Crippen LogP contribution is 2.59. The zero-order valence-corrected chi connectivity index (χ0v) is 14.7. The summed E-state index contributed by atoms with van der Waals surface area (Å²) in [5, 5.41) is 3.15. The second kappa shape index (κ2) is 7.58. The van der Waals surface area contributed by atoms with E-state index in [-0.39, 0.29) is 17.4 Å². The predicted molar refractivity (Wildman–Crippen MR) is 96.2 cm³/mol. The van der Waals surface area contributed by atoms with Crippen LogP contribution in [0.5, 0.6) is 5.75 Å². The summed E-state index contributed by atoms with van der Waals surface area (Å²) in [7, 11) is 1.60. The summed E-state index contributed by atoms with van der Waals surface area (Å²) in [6.45, 7) is 7.66. The molecule has 1 fully saturated rings. The van der Waals surface area contributed by atoms with Gasteiger partial charge in [0.2, 0.25) is 0 Å². The molecular weight excluding hydrogens is 326 g/mol. The van der Waals surface area contributed by atoms with Crippen LogP contribution >= 0.6 is 11.6 Å². The molecular formula is C19H20ClNO3. The number of allylic oxidation sites excluding steroid dienone is 3. The van der Waals surface area contributed by atoms with E-state index in [9.17, 15) is 9.70 Å². The van der Waals surface area contributed by atoms with Gasteiger partial charge in [0.1, 0.15) is 5.75 Å². The Hall–Kier alpha value is -2.20. The summed E-state index contributed by atoms with van der Waals surface area (Å²) in [5.41, 5.74) is 2.23. The number of methoxy groups -OCH3 is 1. The largest absolute Gasteiger partial charge is 0.497 e. The summed E-state index contributed by atoms with van der Waals surface area (Å²) in [6, 6.07) is 5.66. The summed E-state index contributed by atoms with van der Waals surface area (Å²) >= 11 is 6.38. The molecule has 0 saturated heterocycles. The highest BCUT2D eigenvalue weighted by Gasteiger charge is 2.49. The Morgan fingerprint density at radius 2 is 2.12 bits per heavy atom. The van der Waals surface area contributed by atoms with Gasteiger partial charge in [-0.1, -0.05) is 43.3 Å². The van der Waals surface area contributed by atoms with E-state index in [1.807, 2.05) is 12.1 Å². The monoisotopic (exact) mass is 345 g/mol. The van der Waals surface area contributed by atoms with Crippen LogP contribution in [0.2, 0.25) is 5.02 Å². The fourth-order valence-electron chi connectivity index (χ4n) is 3.15. The standard InChI is InChI=1S/C19H20ClNO3/c1-5-12(9-13(6-2)19(22)21-23)17-11(3)18(17)15-8-7-14(24-4)10-16(15)20/h5-11,17-18H,1H2,2-4H3/b12-9+,13-6+. The minimum atomic E-state index is -0.774. The van der Waals surface area contributed by atoms with E-state index in [0.717, 1.165) is 11.1 Å². The molecule has 1 aliphatic rings. The Morgan fingerprint density at radius 3 is 2.62 bits per heavy atom. The van der Waals surface area contributed by atoms with Crippen molar-refractivity contribution in [1.82, 2.24) is 0 Å². The normalized spacial score (nSPS) is 23.6. The average Bonchev–Trinajstić information content (AvgIpc) is 3.25. The highest BCUT2D eigenvalue weighted by atomic mass is 35.5. The van der Waals surface area contributed by atoms with Crippen LogP contribution in [-0.4, -0.2) is 13.0 Å². The molecule has 5 heteroatoms. The van der Waals surface area contributed by atoms with E-state index in [0.29, 0.717) is 16.7 Å². The molecule has 126 valence electrons. The molecule has 3 unspecified atom stereocenters. The molecule has 0 N–H and O–H groups in total. The molecule has 0 radical (unpaired) electrons. The number of ether oxygens (including phenoxy) is 1. The van der Waals surface area contributed by atoms with Crippen LogP contribution in [0.3, 0.4) is 0 Å². The van der Waals surface area contributed by atoms with Crippen LogP contribution in [0.4, 0.5) is 0 Å². The summed E-state index contributed by atoms with van der Waals surface area (Å²) in [5.74, 6) is 0.738. The minimum Gasteiger partial charge on any atom is -0.497 e. The predicted octanol–water partition coefficient (Wildman–Crippen LogP) is 5.05. The molecule has 24 heavy (non-hydrogen) atoms. The van der Waals surface area contributed by atoms with Gasteiger partial charge in [-0.25, -0.2) is 0 Å². The quantitative estimate of drug-likeness (QED) is 0.412. The lowest BCUT2D eigenvalue weighted by Gasteiger charge is -2.07. The van der Waals surface area contributed by atoms with Crippen LogP contribution in [0, 0.1) is 16.7 Å². The number of nitrogens with zero attached hydrogens (tertiary/aromatic N) is 1. The van der Waals surface area contributed by atoms with Gasteiger partial charge in [0, 0.05) is 15.8 Å². The average molecular weight is 346 g/mol. The number of amides is 1. The van der Waals surface area contributed by atoms with Crippen molar-refractivity contribution < 1.29 is 9.53 Å². The van der Waals surface area contributed by atoms with E-state index >= 15 is 0 Å². The summed E-state index contributed by atoms with van der Waals surface area (Å²) < 4.78 is 5.18. The van der Waals surface area contributed by atoms with Gasteiger partial charge in [-0.15, -0.1) is 4.91 Å². The first-order valence-corrected chi connectivity index (χ1v) is 8.07. The third-order valence-corrected chi connectivity index (χ3v) is 4.86. The van der Waals surface area contributed by atoms with Gasteiger partial charge in [-0.3, -0.25) is 4.79 Å². The summed E-state index contributed by atoms with van der Waals surface area (Å²) in [4.78, 5) is 22.0. The topological polar surface area (TPSA) is 55.7 Å². The Bertz CT molecular complexity index is 736. The molecule has 2 rings (SSSR count). The first-order chi connectivity index (χ1) is 11.5. The Kier molecular flexibility index (Phi) is 5.73. The zero-order chi connectivity index (χ0) is 17.9. The van der Waals surface area contributed by atoms with Crippen LogP contribution < -0.4 is 4.74 Å². The molecule has 1 aromatic carbocycles. The maximum Gasteiger partial charge on any atom is 0.316 e. The van der Waals surface area contributed by atoms with Crippen molar-refractivity contribution in [3.8, 4) is 5.75 Å². The maximum atomic E-state index is 11.5. The highest BCUT2D eigenvalue weighted by molar-refractivity contribution is 6.31. The second-order valence-corrected chi connectivity index (χ2v) is 6.19. The smallest absolute Gasteiger partial charge is 0.316 e. The van der Waals surface area contributed by atoms with E-state index in [4.69, 9.17) is 16.3 Å².